The van der Waals surface area contributed by atoms with Gasteiger partial charge in [0.15, 0.2) is 0 Å². The molecular weight excluding hydrogens is 228 g/mol. The number of rotatable bonds is 4. The van der Waals surface area contributed by atoms with E-state index in [0.29, 0.717) is 18.8 Å². The molecule has 0 spiro atoms. The van der Waals surface area contributed by atoms with Gasteiger partial charge in [0.1, 0.15) is 5.82 Å². The summed E-state index contributed by atoms with van der Waals surface area (Å²) in [5.74, 6) is 0.555. The molecule has 0 saturated carbocycles. The van der Waals surface area contributed by atoms with Gasteiger partial charge in [0.05, 0.1) is 12.6 Å². The van der Waals surface area contributed by atoms with Crippen LogP contribution in [0, 0.1) is 0 Å². The van der Waals surface area contributed by atoms with Crippen molar-refractivity contribution < 1.29 is 4.79 Å². The van der Waals surface area contributed by atoms with Gasteiger partial charge in [-0.2, -0.15) is 5.10 Å². The number of carbonyl (C=O) groups is 1. The number of benzene rings is 1. The van der Waals surface area contributed by atoms with Crippen LogP contribution in [0.1, 0.15) is 11.1 Å². The summed E-state index contributed by atoms with van der Waals surface area (Å²) < 4.78 is 1.58. The second kappa shape index (κ2) is 5.35. The lowest BCUT2D eigenvalue weighted by atomic mass is 10.1. The van der Waals surface area contributed by atoms with Crippen molar-refractivity contribution in [3.05, 3.63) is 47.7 Å². The number of hydrogen-bond donors (Lipinski definition) is 2. The summed E-state index contributed by atoms with van der Waals surface area (Å²) in [5, 5.41) is 6.85. The van der Waals surface area contributed by atoms with Gasteiger partial charge in [-0.05, 0) is 5.56 Å². The fourth-order valence-electron chi connectivity index (χ4n) is 1.67. The van der Waals surface area contributed by atoms with Crippen LogP contribution in [0.15, 0.2) is 36.5 Å². The molecule has 0 aliphatic carbocycles. The molecule has 0 atom stereocenters. The first-order valence-electron chi connectivity index (χ1n) is 5.74. The number of nitrogens with one attached hydrogen (secondary N) is 1. The van der Waals surface area contributed by atoms with Crippen LogP contribution < -0.4 is 11.1 Å². The molecule has 0 radical (unpaired) electrons. The van der Waals surface area contributed by atoms with E-state index in [2.05, 4.69) is 10.4 Å². The summed E-state index contributed by atoms with van der Waals surface area (Å²) in [4.78, 5) is 11.7. The fourth-order valence-corrected chi connectivity index (χ4v) is 1.67. The zero-order chi connectivity index (χ0) is 13.0. The van der Waals surface area contributed by atoms with Crippen molar-refractivity contribution in [2.24, 2.45) is 7.05 Å². The van der Waals surface area contributed by atoms with Gasteiger partial charge in [0.25, 0.3) is 0 Å². The van der Waals surface area contributed by atoms with Crippen molar-refractivity contribution in [2.45, 2.75) is 13.0 Å². The SMILES string of the molecule is Cn1ncc(CNC(=O)Cc2ccccc2)c1N. The number of nitrogens with two attached hydrogens (primary N) is 1. The fraction of sp³-hybridized carbons (Fsp3) is 0.231. The maximum Gasteiger partial charge on any atom is 0.224 e. The molecule has 18 heavy (non-hydrogen) atoms. The van der Waals surface area contributed by atoms with Crippen LogP contribution in [-0.4, -0.2) is 15.7 Å². The van der Waals surface area contributed by atoms with Crippen molar-refractivity contribution in [3.8, 4) is 0 Å². The highest BCUT2D eigenvalue weighted by molar-refractivity contribution is 5.78. The summed E-state index contributed by atoms with van der Waals surface area (Å²) in [6, 6.07) is 9.62. The first-order chi connectivity index (χ1) is 8.66. The van der Waals surface area contributed by atoms with Gasteiger partial charge < -0.3 is 11.1 Å². The van der Waals surface area contributed by atoms with Crippen LogP contribution in [0.25, 0.3) is 0 Å². The number of hydrogen-bond acceptors (Lipinski definition) is 3. The maximum atomic E-state index is 11.7. The molecule has 2 aromatic rings. The molecule has 94 valence electrons. The van der Waals surface area contributed by atoms with Crippen LogP contribution in [-0.2, 0) is 24.8 Å². The normalized spacial score (nSPS) is 10.3. The Bertz CT molecular complexity index is 533. The zero-order valence-electron chi connectivity index (χ0n) is 10.3. The summed E-state index contributed by atoms with van der Waals surface area (Å²) in [6.07, 6.45) is 2.04. The molecule has 0 saturated heterocycles. The molecule has 0 unspecified atom stereocenters. The van der Waals surface area contributed by atoms with Crippen LogP contribution in [0.2, 0.25) is 0 Å². The minimum absolute atomic E-state index is 0.0237. The molecule has 1 aromatic heterocycles. The molecule has 5 heteroatoms. The molecule has 0 aliphatic heterocycles. The maximum absolute atomic E-state index is 11.7. The number of amides is 1. The van der Waals surface area contributed by atoms with Gasteiger partial charge >= 0.3 is 0 Å². The Morgan fingerprint density at radius 2 is 2.11 bits per heavy atom. The Labute approximate surface area is 106 Å². The third kappa shape index (κ3) is 2.88. The van der Waals surface area contributed by atoms with Crippen LogP contribution >= 0.6 is 0 Å². The zero-order valence-corrected chi connectivity index (χ0v) is 10.3. The highest BCUT2D eigenvalue weighted by atomic mass is 16.1. The second-order valence-corrected chi connectivity index (χ2v) is 4.12. The third-order valence-electron chi connectivity index (χ3n) is 2.75. The van der Waals surface area contributed by atoms with E-state index in [4.69, 9.17) is 5.73 Å². The molecule has 2 rings (SSSR count). The quantitative estimate of drug-likeness (QED) is 0.837. The molecule has 1 heterocycles. The molecular formula is C13H16N4O. The van der Waals surface area contributed by atoms with Crippen molar-refractivity contribution in [3.63, 3.8) is 0 Å². The van der Waals surface area contributed by atoms with E-state index in [-0.39, 0.29) is 5.91 Å². The summed E-state index contributed by atoms with van der Waals surface area (Å²) in [6.45, 7) is 0.408. The third-order valence-corrected chi connectivity index (χ3v) is 2.75. The summed E-state index contributed by atoms with van der Waals surface area (Å²) >= 11 is 0. The number of aryl methyl sites for hydroxylation is 1. The molecule has 0 aliphatic rings. The number of nitrogen functional groups attached to an aromatic ring is 1. The number of aromatic nitrogens is 2. The van der Waals surface area contributed by atoms with E-state index >= 15 is 0 Å². The van der Waals surface area contributed by atoms with E-state index in [0.717, 1.165) is 11.1 Å². The van der Waals surface area contributed by atoms with E-state index in [1.165, 1.54) is 0 Å². The average molecular weight is 244 g/mol. The lowest BCUT2D eigenvalue weighted by Gasteiger charge is -2.05. The van der Waals surface area contributed by atoms with Gasteiger partial charge in [0.2, 0.25) is 5.91 Å². The molecule has 5 nitrogen and oxygen atoms in total. The standard InChI is InChI=1S/C13H16N4O/c1-17-13(14)11(9-16-17)8-15-12(18)7-10-5-3-2-4-6-10/h2-6,9H,7-8,14H2,1H3,(H,15,18). The van der Waals surface area contributed by atoms with Gasteiger partial charge in [-0.1, -0.05) is 30.3 Å². The van der Waals surface area contributed by atoms with E-state index in [1.54, 1.807) is 17.9 Å². The Morgan fingerprint density at radius 3 is 2.72 bits per heavy atom. The Kier molecular flexibility index (Phi) is 3.62. The van der Waals surface area contributed by atoms with Crippen LogP contribution in [0.4, 0.5) is 5.82 Å². The summed E-state index contributed by atoms with van der Waals surface area (Å²) in [7, 11) is 1.77. The van der Waals surface area contributed by atoms with Crippen molar-refractivity contribution in [2.75, 3.05) is 5.73 Å². The van der Waals surface area contributed by atoms with Gasteiger partial charge in [-0.15, -0.1) is 0 Å². The largest absolute Gasteiger partial charge is 0.384 e. The average Bonchev–Trinajstić information content (AvgIpc) is 2.69. The first-order valence-corrected chi connectivity index (χ1v) is 5.74. The van der Waals surface area contributed by atoms with Crippen LogP contribution in [0.3, 0.4) is 0 Å². The topological polar surface area (TPSA) is 72.9 Å². The minimum Gasteiger partial charge on any atom is -0.384 e. The van der Waals surface area contributed by atoms with Gasteiger partial charge in [-0.25, -0.2) is 0 Å². The Morgan fingerprint density at radius 1 is 1.39 bits per heavy atom. The molecule has 1 amide bonds. The van der Waals surface area contributed by atoms with Crippen molar-refractivity contribution in [1.82, 2.24) is 15.1 Å². The molecule has 0 fully saturated rings. The van der Waals surface area contributed by atoms with E-state index in [9.17, 15) is 4.79 Å². The van der Waals surface area contributed by atoms with Gasteiger partial charge in [-0.3, -0.25) is 9.48 Å². The summed E-state index contributed by atoms with van der Waals surface area (Å²) in [5.41, 5.74) is 7.62. The van der Waals surface area contributed by atoms with Crippen molar-refractivity contribution in [1.29, 1.82) is 0 Å². The Balaban J connectivity index is 1.87. The molecule has 0 bridgehead atoms. The highest BCUT2D eigenvalue weighted by Crippen LogP contribution is 2.08. The number of nitrogens with zero attached hydrogens (tertiary/aromatic N) is 2. The van der Waals surface area contributed by atoms with Crippen LogP contribution in [0.5, 0.6) is 0 Å². The number of anilines is 1. The predicted molar refractivity (Wildman–Crippen MR) is 69.6 cm³/mol. The number of carbonyl (C=O) groups excluding carboxylic acids is 1. The smallest absolute Gasteiger partial charge is 0.224 e. The lowest BCUT2D eigenvalue weighted by Crippen LogP contribution is -2.24. The minimum atomic E-state index is -0.0237. The molecule has 3 N–H and O–H groups in total. The van der Waals surface area contributed by atoms with Crippen molar-refractivity contribution >= 4 is 11.7 Å². The monoisotopic (exact) mass is 244 g/mol. The first kappa shape index (κ1) is 12.2. The van der Waals surface area contributed by atoms with E-state index in [1.807, 2.05) is 30.3 Å². The van der Waals surface area contributed by atoms with Gasteiger partial charge in [0, 0.05) is 19.2 Å². The highest BCUT2D eigenvalue weighted by Gasteiger charge is 2.07. The molecule has 1 aromatic carbocycles. The Hall–Kier alpha value is -2.30. The van der Waals surface area contributed by atoms with E-state index < -0.39 is 0 Å². The second-order valence-electron chi connectivity index (χ2n) is 4.12. The lowest BCUT2D eigenvalue weighted by molar-refractivity contribution is -0.120. The predicted octanol–water partition coefficient (Wildman–Crippen LogP) is 0.861.